The van der Waals surface area contributed by atoms with Gasteiger partial charge in [0, 0.05) is 11.1 Å². The molecule has 15 heavy (non-hydrogen) atoms. The first kappa shape index (κ1) is 10.8. The summed E-state index contributed by atoms with van der Waals surface area (Å²) in [6.45, 7) is 0. The van der Waals surface area contributed by atoms with Crippen LogP contribution in [0.25, 0.3) is 0 Å². The number of benzene rings is 1. The number of hydrogen-bond donors (Lipinski definition) is 3. The molecule has 0 bridgehead atoms. The number of hydrogen-bond acceptors (Lipinski definition) is 2. The van der Waals surface area contributed by atoms with Crippen LogP contribution in [0.1, 0.15) is 17.5 Å². The fourth-order valence-electron chi connectivity index (χ4n) is 0.998. The molecule has 4 nitrogen and oxygen atoms in total. The van der Waals surface area contributed by atoms with Gasteiger partial charge in [-0.3, -0.25) is 10.2 Å². The number of carbonyl (C=O) groups excluding carboxylic acids is 1. The van der Waals surface area contributed by atoms with Gasteiger partial charge < -0.3 is 11.5 Å². The maximum Gasteiger partial charge on any atom is 0.229 e. The molecule has 0 aromatic heterocycles. The minimum atomic E-state index is -0.453. The molecule has 0 aliphatic heterocycles. The SMILES string of the molecule is N=C(N)c1cccc(C#CCC(N)=O)c1. The third-order valence-corrected chi connectivity index (χ3v) is 1.67. The summed E-state index contributed by atoms with van der Waals surface area (Å²) in [5.74, 6) is 4.94. The van der Waals surface area contributed by atoms with Crippen LogP contribution in [0.5, 0.6) is 0 Å². The molecule has 0 atom stereocenters. The van der Waals surface area contributed by atoms with Crippen molar-refractivity contribution < 1.29 is 4.79 Å². The van der Waals surface area contributed by atoms with Gasteiger partial charge in [0.1, 0.15) is 5.84 Å². The van der Waals surface area contributed by atoms with E-state index in [0.29, 0.717) is 11.1 Å². The number of carbonyl (C=O) groups is 1. The van der Waals surface area contributed by atoms with E-state index in [1.54, 1.807) is 24.3 Å². The van der Waals surface area contributed by atoms with Crippen LogP contribution in [0.15, 0.2) is 24.3 Å². The van der Waals surface area contributed by atoms with Crippen molar-refractivity contribution in [3.63, 3.8) is 0 Å². The summed E-state index contributed by atoms with van der Waals surface area (Å²) in [5.41, 5.74) is 11.6. The zero-order valence-electron chi connectivity index (χ0n) is 8.08. The topological polar surface area (TPSA) is 93.0 Å². The first-order chi connectivity index (χ1) is 7.09. The Morgan fingerprint density at radius 2 is 2.13 bits per heavy atom. The Balaban J connectivity index is 2.85. The van der Waals surface area contributed by atoms with Gasteiger partial charge in [0.15, 0.2) is 0 Å². The van der Waals surface area contributed by atoms with Gasteiger partial charge >= 0.3 is 0 Å². The van der Waals surface area contributed by atoms with Crippen LogP contribution in [0.2, 0.25) is 0 Å². The van der Waals surface area contributed by atoms with Crippen molar-refractivity contribution in [1.29, 1.82) is 5.41 Å². The molecule has 0 saturated heterocycles. The highest BCUT2D eigenvalue weighted by atomic mass is 16.1. The molecule has 5 N–H and O–H groups in total. The van der Waals surface area contributed by atoms with E-state index >= 15 is 0 Å². The molecule has 0 aliphatic carbocycles. The number of amides is 1. The summed E-state index contributed by atoms with van der Waals surface area (Å²) in [4.78, 5) is 10.4. The number of rotatable bonds is 2. The lowest BCUT2D eigenvalue weighted by molar-refractivity contribution is -0.117. The maximum absolute atomic E-state index is 10.4. The second-order valence-electron chi connectivity index (χ2n) is 2.94. The summed E-state index contributed by atoms with van der Waals surface area (Å²) < 4.78 is 0. The number of nitrogens with two attached hydrogens (primary N) is 2. The second kappa shape index (κ2) is 4.82. The Morgan fingerprint density at radius 1 is 1.40 bits per heavy atom. The van der Waals surface area contributed by atoms with E-state index in [-0.39, 0.29) is 12.3 Å². The average Bonchev–Trinajstić information content (AvgIpc) is 2.17. The van der Waals surface area contributed by atoms with Gasteiger partial charge in [0.2, 0.25) is 5.91 Å². The van der Waals surface area contributed by atoms with E-state index in [1.165, 1.54) is 0 Å². The molecule has 0 heterocycles. The highest BCUT2D eigenvalue weighted by Gasteiger charge is 1.95. The van der Waals surface area contributed by atoms with Gasteiger partial charge in [-0.05, 0) is 12.1 Å². The van der Waals surface area contributed by atoms with Crippen LogP contribution in [0, 0.1) is 17.3 Å². The molecule has 0 unspecified atom stereocenters. The second-order valence-corrected chi connectivity index (χ2v) is 2.94. The van der Waals surface area contributed by atoms with Gasteiger partial charge in [0.05, 0.1) is 6.42 Å². The van der Waals surface area contributed by atoms with E-state index < -0.39 is 5.91 Å². The summed E-state index contributed by atoms with van der Waals surface area (Å²) in [5, 5.41) is 7.23. The maximum atomic E-state index is 10.4. The first-order valence-corrected chi connectivity index (χ1v) is 4.31. The third kappa shape index (κ3) is 3.53. The lowest BCUT2D eigenvalue weighted by Crippen LogP contribution is -2.10. The Hall–Kier alpha value is -2.28. The molecule has 1 amide bonds. The molecule has 0 saturated carbocycles. The van der Waals surface area contributed by atoms with Gasteiger partial charge in [-0.15, -0.1) is 0 Å². The smallest absolute Gasteiger partial charge is 0.229 e. The molecule has 4 heteroatoms. The molecule has 0 aliphatic rings. The molecule has 0 spiro atoms. The van der Waals surface area contributed by atoms with E-state index in [0.717, 1.165) is 0 Å². The Kier molecular flexibility index (Phi) is 3.47. The largest absolute Gasteiger partial charge is 0.384 e. The Bertz CT molecular complexity index is 454. The minimum absolute atomic E-state index is 0.00597. The van der Waals surface area contributed by atoms with Crippen LogP contribution in [-0.2, 0) is 4.79 Å². The molecular weight excluding hydrogens is 190 g/mol. The van der Waals surface area contributed by atoms with E-state index in [1.807, 2.05) is 0 Å². The molecule has 0 radical (unpaired) electrons. The number of nitrogen functional groups attached to an aromatic ring is 1. The summed E-state index contributed by atoms with van der Waals surface area (Å²) >= 11 is 0. The van der Waals surface area contributed by atoms with Crippen molar-refractivity contribution in [3.05, 3.63) is 35.4 Å². The zero-order valence-corrected chi connectivity index (χ0v) is 8.08. The monoisotopic (exact) mass is 201 g/mol. The van der Waals surface area contributed by atoms with E-state index in [9.17, 15) is 4.79 Å². The number of nitrogens with one attached hydrogen (secondary N) is 1. The van der Waals surface area contributed by atoms with Crippen molar-refractivity contribution >= 4 is 11.7 Å². The highest BCUT2D eigenvalue weighted by Crippen LogP contribution is 2.02. The first-order valence-electron chi connectivity index (χ1n) is 4.31. The lowest BCUT2D eigenvalue weighted by atomic mass is 10.1. The number of primary amides is 1. The fourth-order valence-corrected chi connectivity index (χ4v) is 0.998. The summed E-state index contributed by atoms with van der Waals surface area (Å²) in [6.07, 6.45) is 0.0320. The highest BCUT2D eigenvalue weighted by molar-refractivity contribution is 5.95. The van der Waals surface area contributed by atoms with Crippen molar-refractivity contribution in [3.8, 4) is 11.8 Å². The van der Waals surface area contributed by atoms with Gasteiger partial charge in [-0.1, -0.05) is 24.0 Å². The van der Waals surface area contributed by atoms with Gasteiger partial charge in [0.25, 0.3) is 0 Å². The molecular formula is C11H11N3O. The number of amidine groups is 1. The predicted octanol–water partition coefficient (Wildman–Crippen LogP) is 0.198. The third-order valence-electron chi connectivity index (χ3n) is 1.67. The van der Waals surface area contributed by atoms with E-state index in [4.69, 9.17) is 16.9 Å². The van der Waals surface area contributed by atoms with Crippen molar-refractivity contribution in [2.75, 3.05) is 0 Å². The molecule has 1 aromatic rings. The van der Waals surface area contributed by atoms with Crippen molar-refractivity contribution in [2.45, 2.75) is 6.42 Å². The van der Waals surface area contributed by atoms with Gasteiger partial charge in [-0.2, -0.15) is 0 Å². The van der Waals surface area contributed by atoms with Crippen LogP contribution in [-0.4, -0.2) is 11.7 Å². The molecule has 0 fully saturated rings. The standard InChI is InChI=1S/C11H11N3O/c12-10(15)6-2-4-8-3-1-5-9(7-8)11(13)14/h1,3,5,7H,6H2,(H2,12,15)(H3,13,14). The molecule has 76 valence electrons. The lowest BCUT2D eigenvalue weighted by Gasteiger charge is -1.97. The van der Waals surface area contributed by atoms with Crippen molar-refractivity contribution in [2.24, 2.45) is 11.5 Å². The van der Waals surface area contributed by atoms with E-state index in [2.05, 4.69) is 11.8 Å². The quantitative estimate of drug-likeness (QED) is 0.362. The van der Waals surface area contributed by atoms with Gasteiger partial charge in [-0.25, -0.2) is 0 Å². The average molecular weight is 201 g/mol. The predicted molar refractivity (Wildman–Crippen MR) is 58.1 cm³/mol. The Morgan fingerprint density at radius 3 is 2.73 bits per heavy atom. The fraction of sp³-hybridized carbons (Fsp3) is 0.0909. The van der Waals surface area contributed by atoms with Crippen LogP contribution < -0.4 is 11.5 Å². The van der Waals surface area contributed by atoms with Crippen molar-refractivity contribution in [1.82, 2.24) is 0 Å². The summed E-state index contributed by atoms with van der Waals surface area (Å²) in [6, 6.07) is 6.95. The Labute approximate surface area is 87.8 Å². The van der Waals surface area contributed by atoms with Crippen LogP contribution in [0.4, 0.5) is 0 Å². The zero-order chi connectivity index (χ0) is 11.3. The minimum Gasteiger partial charge on any atom is -0.384 e. The molecule has 1 rings (SSSR count). The van der Waals surface area contributed by atoms with Crippen LogP contribution >= 0.6 is 0 Å². The van der Waals surface area contributed by atoms with Crippen LogP contribution in [0.3, 0.4) is 0 Å². The summed E-state index contributed by atoms with van der Waals surface area (Å²) in [7, 11) is 0. The normalized spacial score (nSPS) is 8.80. The molecule has 1 aromatic carbocycles.